The van der Waals surface area contributed by atoms with Crippen molar-refractivity contribution in [2.75, 3.05) is 24.1 Å². The Kier molecular flexibility index (Phi) is 5.37. The quantitative estimate of drug-likeness (QED) is 0.676. The number of amides is 2. The number of nitrogens with zero attached hydrogens (tertiary/aromatic N) is 1. The molecule has 0 bridgehead atoms. The summed E-state index contributed by atoms with van der Waals surface area (Å²) in [4.78, 5) is 25.1. The first-order valence-electron chi connectivity index (χ1n) is 6.65. The molecule has 6 heteroatoms. The van der Waals surface area contributed by atoms with Gasteiger partial charge in [0.05, 0.1) is 11.4 Å². The largest absolute Gasteiger partial charge is 0.397 e. The number of anilines is 2. The van der Waals surface area contributed by atoms with E-state index in [1.165, 1.54) is 0 Å². The molecule has 20 heavy (non-hydrogen) atoms. The number of nitrogens with one attached hydrogen (secondary N) is 1. The molecule has 0 fully saturated rings. The highest BCUT2D eigenvalue weighted by atomic mass is 16.2. The van der Waals surface area contributed by atoms with Gasteiger partial charge in [-0.15, -0.1) is 0 Å². The Labute approximate surface area is 119 Å². The van der Waals surface area contributed by atoms with Crippen molar-refractivity contribution in [2.45, 2.75) is 26.8 Å². The van der Waals surface area contributed by atoms with Crippen molar-refractivity contribution in [1.29, 1.82) is 0 Å². The number of carbonyl (C=O) groups excluding carboxylic acids is 2. The van der Waals surface area contributed by atoms with E-state index in [0.29, 0.717) is 30.0 Å². The lowest BCUT2D eigenvalue weighted by Gasteiger charge is -2.24. The number of carbonyl (C=O) groups is 2. The van der Waals surface area contributed by atoms with Crippen molar-refractivity contribution in [2.24, 2.45) is 5.73 Å². The van der Waals surface area contributed by atoms with Crippen molar-refractivity contribution in [3.8, 4) is 0 Å². The van der Waals surface area contributed by atoms with Crippen molar-refractivity contribution in [3.05, 3.63) is 23.8 Å². The fraction of sp³-hybridized carbons (Fsp3) is 0.429. The standard InChI is InChI=1S/C14H22N4O2/c1-4-18(5-2)14(20)9(3)17-12-8-10(13(16)19)6-7-11(12)15/h6-9,17H,4-5,15H2,1-3H3,(H2,16,19). The Morgan fingerprint density at radius 2 is 1.90 bits per heavy atom. The van der Waals surface area contributed by atoms with Gasteiger partial charge in [0.25, 0.3) is 0 Å². The summed E-state index contributed by atoms with van der Waals surface area (Å²) >= 11 is 0. The van der Waals surface area contributed by atoms with Gasteiger partial charge in [-0.1, -0.05) is 0 Å². The van der Waals surface area contributed by atoms with E-state index in [-0.39, 0.29) is 5.91 Å². The number of hydrogen-bond donors (Lipinski definition) is 3. The van der Waals surface area contributed by atoms with E-state index in [1.807, 2.05) is 13.8 Å². The zero-order chi connectivity index (χ0) is 15.3. The number of hydrogen-bond acceptors (Lipinski definition) is 4. The van der Waals surface area contributed by atoms with Crippen molar-refractivity contribution in [1.82, 2.24) is 4.90 Å². The minimum atomic E-state index is -0.532. The number of nitrogens with two attached hydrogens (primary N) is 2. The van der Waals surface area contributed by atoms with Gasteiger partial charge in [-0.3, -0.25) is 9.59 Å². The molecule has 0 aromatic heterocycles. The van der Waals surface area contributed by atoms with Crippen LogP contribution in [0.3, 0.4) is 0 Å². The van der Waals surface area contributed by atoms with Gasteiger partial charge in [-0.25, -0.2) is 0 Å². The molecule has 1 aromatic carbocycles. The normalized spacial score (nSPS) is 11.8. The van der Waals surface area contributed by atoms with E-state index in [4.69, 9.17) is 11.5 Å². The summed E-state index contributed by atoms with van der Waals surface area (Å²) in [6.07, 6.45) is 0. The van der Waals surface area contributed by atoms with Crippen LogP contribution in [0.1, 0.15) is 31.1 Å². The van der Waals surface area contributed by atoms with E-state index < -0.39 is 11.9 Å². The first-order valence-corrected chi connectivity index (χ1v) is 6.65. The molecule has 0 aliphatic rings. The summed E-state index contributed by atoms with van der Waals surface area (Å²) in [5.74, 6) is -0.547. The first kappa shape index (κ1) is 15.8. The number of likely N-dealkylation sites (N-methyl/N-ethyl adjacent to an activating group) is 1. The van der Waals surface area contributed by atoms with Crippen LogP contribution in [0, 0.1) is 0 Å². The highest BCUT2D eigenvalue weighted by Gasteiger charge is 2.19. The van der Waals surface area contributed by atoms with Crippen LogP contribution in [-0.4, -0.2) is 35.8 Å². The highest BCUT2D eigenvalue weighted by molar-refractivity contribution is 5.95. The fourth-order valence-electron chi connectivity index (χ4n) is 1.94. The lowest BCUT2D eigenvalue weighted by molar-refractivity contribution is -0.131. The molecule has 1 atom stereocenters. The van der Waals surface area contributed by atoms with Gasteiger partial charge in [0.15, 0.2) is 0 Å². The van der Waals surface area contributed by atoms with E-state index in [0.717, 1.165) is 0 Å². The van der Waals surface area contributed by atoms with Gasteiger partial charge in [0, 0.05) is 18.7 Å². The van der Waals surface area contributed by atoms with Crippen LogP contribution in [0.4, 0.5) is 11.4 Å². The summed E-state index contributed by atoms with van der Waals surface area (Å²) in [5, 5.41) is 3.03. The Bertz CT molecular complexity index is 498. The average Bonchev–Trinajstić information content (AvgIpc) is 2.42. The van der Waals surface area contributed by atoms with E-state index in [1.54, 1.807) is 30.0 Å². The third-order valence-corrected chi connectivity index (χ3v) is 3.16. The second kappa shape index (κ2) is 6.79. The van der Waals surface area contributed by atoms with Gasteiger partial charge in [-0.05, 0) is 39.0 Å². The second-order valence-corrected chi connectivity index (χ2v) is 4.54. The molecule has 6 nitrogen and oxygen atoms in total. The lowest BCUT2D eigenvalue weighted by atomic mass is 10.1. The molecule has 2 amide bonds. The maximum atomic E-state index is 12.2. The number of nitrogen functional groups attached to an aromatic ring is 1. The molecular weight excluding hydrogens is 256 g/mol. The Balaban J connectivity index is 2.89. The minimum absolute atomic E-state index is 0.0149. The summed E-state index contributed by atoms with van der Waals surface area (Å²) in [6, 6.07) is 4.28. The third-order valence-electron chi connectivity index (χ3n) is 3.16. The number of primary amides is 1. The maximum absolute atomic E-state index is 12.2. The minimum Gasteiger partial charge on any atom is -0.397 e. The highest BCUT2D eigenvalue weighted by Crippen LogP contribution is 2.21. The molecule has 0 aliphatic heterocycles. The van der Waals surface area contributed by atoms with Crippen molar-refractivity contribution < 1.29 is 9.59 Å². The molecular formula is C14H22N4O2. The average molecular weight is 278 g/mol. The van der Waals surface area contributed by atoms with Gasteiger partial charge < -0.3 is 21.7 Å². The van der Waals surface area contributed by atoms with Crippen LogP contribution < -0.4 is 16.8 Å². The van der Waals surface area contributed by atoms with E-state index in [9.17, 15) is 9.59 Å². The molecule has 1 unspecified atom stereocenters. The molecule has 110 valence electrons. The van der Waals surface area contributed by atoms with Crippen LogP contribution >= 0.6 is 0 Å². The second-order valence-electron chi connectivity index (χ2n) is 4.54. The molecule has 0 radical (unpaired) electrons. The summed E-state index contributed by atoms with van der Waals surface area (Å²) in [5.41, 5.74) is 12.4. The fourth-order valence-corrected chi connectivity index (χ4v) is 1.94. The monoisotopic (exact) mass is 278 g/mol. The van der Waals surface area contributed by atoms with Crippen molar-refractivity contribution in [3.63, 3.8) is 0 Å². The topological polar surface area (TPSA) is 101 Å². The van der Waals surface area contributed by atoms with Crippen molar-refractivity contribution >= 4 is 23.2 Å². The third kappa shape index (κ3) is 3.63. The zero-order valence-corrected chi connectivity index (χ0v) is 12.1. The summed E-state index contributed by atoms with van der Waals surface area (Å²) in [7, 11) is 0. The first-order chi connectivity index (χ1) is 9.40. The lowest BCUT2D eigenvalue weighted by Crippen LogP contribution is -2.41. The maximum Gasteiger partial charge on any atom is 0.248 e. The SMILES string of the molecule is CCN(CC)C(=O)C(C)Nc1cc(C(N)=O)ccc1N. The van der Waals surface area contributed by atoms with Gasteiger partial charge in [0.2, 0.25) is 11.8 Å². The molecule has 0 heterocycles. The molecule has 5 N–H and O–H groups in total. The van der Waals surface area contributed by atoms with E-state index >= 15 is 0 Å². The Morgan fingerprint density at radius 3 is 2.40 bits per heavy atom. The number of benzene rings is 1. The molecule has 0 spiro atoms. The predicted octanol–water partition coefficient (Wildman–Crippen LogP) is 1.04. The van der Waals surface area contributed by atoms with Crippen LogP contribution in [-0.2, 0) is 4.79 Å². The summed E-state index contributed by atoms with van der Waals surface area (Å²) < 4.78 is 0. The Hall–Kier alpha value is -2.24. The predicted molar refractivity (Wildman–Crippen MR) is 80.4 cm³/mol. The van der Waals surface area contributed by atoms with E-state index in [2.05, 4.69) is 5.32 Å². The smallest absolute Gasteiger partial charge is 0.248 e. The molecule has 0 saturated heterocycles. The van der Waals surface area contributed by atoms with Gasteiger partial charge in [0.1, 0.15) is 6.04 Å². The molecule has 1 rings (SSSR count). The molecule has 1 aromatic rings. The Morgan fingerprint density at radius 1 is 1.30 bits per heavy atom. The van der Waals surface area contributed by atoms with Crippen LogP contribution in [0.5, 0.6) is 0 Å². The van der Waals surface area contributed by atoms with Gasteiger partial charge >= 0.3 is 0 Å². The summed E-state index contributed by atoms with van der Waals surface area (Å²) in [6.45, 7) is 6.92. The zero-order valence-electron chi connectivity index (χ0n) is 12.1. The number of rotatable bonds is 6. The molecule has 0 saturated carbocycles. The van der Waals surface area contributed by atoms with Gasteiger partial charge in [-0.2, -0.15) is 0 Å². The van der Waals surface area contributed by atoms with Crippen LogP contribution in [0.25, 0.3) is 0 Å². The van der Waals surface area contributed by atoms with Crippen LogP contribution in [0.2, 0.25) is 0 Å². The van der Waals surface area contributed by atoms with Crippen LogP contribution in [0.15, 0.2) is 18.2 Å². The molecule has 0 aliphatic carbocycles.